The molecular weight excluding hydrogens is 442 g/mol. The number of rotatable bonds is 6. The van der Waals surface area contributed by atoms with E-state index >= 15 is 0 Å². The number of aliphatic hydroxyl groups is 1. The zero-order chi connectivity index (χ0) is 25.4. The van der Waals surface area contributed by atoms with Crippen LogP contribution in [0.4, 0.5) is 0 Å². The first kappa shape index (κ1) is 23.2. The Bertz CT molecular complexity index is 1550. The average molecular weight is 479 g/mol. The van der Waals surface area contributed by atoms with Crippen LogP contribution in [0.25, 0.3) is 32.8 Å². The van der Waals surface area contributed by atoms with Gasteiger partial charge in [-0.25, -0.2) is 0 Å². The molecule has 2 atom stereocenters. The summed E-state index contributed by atoms with van der Waals surface area (Å²) in [6.45, 7) is 13.9. The van der Waals surface area contributed by atoms with Crippen LogP contribution in [0.2, 0.25) is 0 Å². The Kier molecular flexibility index (Phi) is 5.28. The van der Waals surface area contributed by atoms with Gasteiger partial charge in [0.25, 0.3) is 0 Å². The zero-order valence-electron chi connectivity index (χ0n) is 22.1. The molecule has 4 aromatic rings. The van der Waals surface area contributed by atoms with Gasteiger partial charge in [0.15, 0.2) is 12.2 Å². The maximum Gasteiger partial charge on any atom is 0.221 e. The fourth-order valence-corrected chi connectivity index (χ4v) is 6.98. The molecule has 0 amide bonds. The lowest BCUT2D eigenvalue weighted by Gasteiger charge is -2.41. The van der Waals surface area contributed by atoms with Crippen LogP contribution >= 0.6 is 0 Å². The van der Waals surface area contributed by atoms with Gasteiger partial charge in [-0.1, -0.05) is 70.7 Å². The molecule has 2 heterocycles. The van der Waals surface area contributed by atoms with Crippen molar-refractivity contribution in [2.24, 2.45) is 0 Å². The van der Waals surface area contributed by atoms with Crippen LogP contribution in [0, 0.1) is 0 Å². The van der Waals surface area contributed by atoms with E-state index in [1.807, 2.05) is 0 Å². The molecule has 184 valence electrons. The Morgan fingerprint density at radius 2 is 1.89 bits per heavy atom. The third-order valence-corrected chi connectivity index (χ3v) is 8.68. The van der Waals surface area contributed by atoms with E-state index in [1.165, 1.54) is 55.1 Å². The van der Waals surface area contributed by atoms with Gasteiger partial charge < -0.3 is 9.84 Å². The largest absolute Gasteiger partial charge is 0.513 e. The van der Waals surface area contributed by atoms with Crippen LogP contribution in [0.5, 0.6) is 0 Å². The van der Waals surface area contributed by atoms with E-state index in [2.05, 4.69) is 93.6 Å². The van der Waals surface area contributed by atoms with Gasteiger partial charge in [-0.2, -0.15) is 4.57 Å². The lowest BCUT2D eigenvalue weighted by Crippen LogP contribution is -2.49. The van der Waals surface area contributed by atoms with E-state index in [0.717, 1.165) is 6.42 Å². The molecule has 2 unspecified atom stereocenters. The average Bonchev–Trinajstić information content (AvgIpc) is 2.84. The quantitative estimate of drug-likeness (QED) is 0.226. The SMILES string of the molecule is C=C(O)CC1C(CCOC)c2cc3ccccc3c3c2-c2c4c(cc(C(C)C)cc4cc[n+]21)C3(C)C. The topological polar surface area (TPSA) is 33.3 Å². The third kappa shape index (κ3) is 3.18. The molecule has 6 rings (SSSR count). The van der Waals surface area contributed by atoms with Crippen LogP contribution in [0.3, 0.4) is 0 Å². The van der Waals surface area contributed by atoms with Gasteiger partial charge in [0.2, 0.25) is 5.69 Å². The smallest absolute Gasteiger partial charge is 0.221 e. The zero-order valence-corrected chi connectivity index (χ0v) is 22.1. The summed E-state index contributed by atoms with van der Waals surface area (Å²) >= 11 is 0. The molecule has 0 bridgehead atoms. The molecule has 0 radical (unpaired) electrons. The van der Waals surface area contributed by atoms with Crippen molar-refractivity contribution in [1.29, 1.82) is 0 Å². The van der Waals surface area contributed by atoms with Crippen molar-refractivity contribution in [3.05, 3.63) is 89.3 Å². The number of aliphatic hydroxyl groups excluding tert-OH is 1. The van der Waals surface area contributed by atoms with Gasteiger partial charge in [0.05, 0.1) is 23.1 Å². The highest BCUT2D eigenvalue weighted by Gasteiger charge is 2.48. The van der Waals surface area contributed by atoms with Crippen molar-refractivity contribution in [1.82, 2.24) is 0 Å². The third-order valence-electron chi connectivity index (χ3n) is 8.68. The normalized spacial score (nSPS) is 19.3. The Hall–Kier alpha value is -3.17. The van der Waals surface area contributed by atoms with Crippen LogP contribution in [-0.2, 0) is 10.2 Å². The Labute approximate surface area is 214 Å². The summed E-state index contributed by atoms with van der Waals surface area (Å²) in [6, 6.07) is 18.5. The first-order chi connectivity index (χ1) is 17.2. The summed E-state index contributed by atoms with van der Waals surface area (Å²) in [4.78, 5) is 0. The molecule has 0 fully saturated rings. The van der Waals surface area contributed by atoms with Crippen molar-refractivity contribution in [2.45, 2.75) is 63.8 Å². The fourth-order valence-electron chi connectivity index (χ4n) is 6.98. The maximum atomic E-state index is 10.4. The van der Waals surface area contributed by atoms with Gasteiger partial charge in [-0.3, -0.25) is 0 Å². The van der Waals surface area contributed by atoms with Crippen molar-refractivity contribution in [3.8, 4) is 11.3 Å². The van der Waals surface area contributed by atoms with E-state index < -0.39 is 0 Å². The first-order valence-electron chi connectivity index (χ1n) is 13.2. The Morgan fingerprint density at radius 3 is 2.61 bits per heavy atom. The van der Waals surface area contributed by atoms with Crippen LogP contribution < -0.4 is 4.57 Å². The molecule has 36 heavy (non-hydrogen) atoms. The van der Waals surface area contributed by atoms with Gasteiger partial charge in [-0.05, 0) is 56.8 Å². The second-order valence-corrected chi connectivity index (χ2v) is 11.5. The number of benzene rings is 3. The van der Waals surface area contributed by atoms with Crippen LogP contribution in [0.15, 0.2) is 67.1 Å². The van der Waals surface area contributed by atoms with Crippen molar-refractivity contribution in [3.63, 3.8) is 0 Å². The monoisotopic (exact) mass is 478 g/mol. The van der Waals surface area contributed by atoms with Crippen LogP contribution in [-0.4, -0.2) is 18.8 Å². The molecule has 1 aromatic heterocycles. The predicted octanol–water partition coefficient (Wildman–Crippen LogP) is 7.85. The van der Waals surface area contributed by atoms with E-state index in [-0.39, 0.29) is 23.1 Å². The maximum absolute atomic E-state index is 10.4. The van der Waals surface area contributed by atoms with E-state index in [0.29, 0.717) is 18.9 Å². The van der Waals surface area contributed by atoms with Gasteiger partial charge in [0.1, 0.15) is 0 Å². The minimum absolute atomic E-state index is 0.0809. The molecule has 1 N–H and O–H groups in total. The minimum Gasteiger partial charge on any atom is -0.513 e. The number of ether oxygens (including phenoxy) is 1. The molecule has 1 aliphatic heterocycles. The summed E-state index contributed by atoms with van der Waals surface area (Å²) in [5.41, 5.74) is 8.12. The number of pyridine rings is 1. The molecule has 2 aliphatic rings. The molecule has 0 saturated heterocycles. The number of fused-ring (bicyclic) bond motifs is 2. The fraction of sp³-hybridized carbons (Fsp3) is 0.364. The van der Waals surface area contributed by atoms with E-state index in [1.54, 1.807) is 7.11 Å². The molecule has 3 heteroatoms. The number of aromatic nitrogens is 1. The number of methoxy groups -OCH3 is 1. The number of hydrogen-bond acceptors (Lipinski definition) is 2. The second-order valence-electron chi connectivity index (χ2n) is 11.5. The van der Waals surface area contributed by atoms with Crippen molar-refractivity contribution in [2.75, 3.05) is 13.7 Å². The Balaban J connectivity index is 1.81. The summed E-state index contributed by atoms with van der Waals surface area (Å²) in [6.07, 6.45) is 3.67. The minimum atomic E-state index is -0.153. The Morgan fingerprint density at radius 1 is 1.11 bits per heavy atom. The molecule has 0 saturated carbocycles. The number of nitrogens with zero attached hydrogens (tertiary/aromatic N) is 1. The van der Waals surface area contributed by atoms with Crippen molar-refractivity contribution < 1.29 is 14.4 Å². The predicted molar refractivity (Wildman–Crippen MR) is 148 cm³/mol. The lowest BCUT2D eigenvalue weighted by molar-refractivity contribution is -0.717. The molecule has 3 nitrogen and oxygen atoms in total. The van der Waals surface area contributed by atoms with Gasteiger partial charge in [-0.15, -0.1) is 0 Å². The van der Waals surface area contributed by atoms with Crippen molar-refractivity contribution >= 4 is 21.5 Å². The lowest BCUT2D eigenvalue weighted by atomic mass is 9.63. The second kappa shape index (κ2) is 8.18. The van der Waals surface area contributed by atoms with E-state index in [4.69, 9.17) is 4.74 Å². The molecule has 0 spiro atoms. The highest BCUT2D eigenvalue weighted by Crippen LogP contribution is 2.56. The first-order valence-corrected chi connectivity index (χ1v) is 13.2. The highest BCUT2D eigenvalue weighted by atomic mass is 16.5. The molecular formula is C33H36NO2+. The molecule has 1 aliphatic carbocycles. The van der Waals surface area contributed by atoms with E-state index in [9.17, 15) is 5.11 Å². The standard InChI is InChI=1S/C33H35NO2/c1-19(2)23-16-22-11-13-34-28(15-20(3)35)25(12-14-36-6)26-17-21-9-7-8-10-24(21)31-30(26)32(34)29(22)27(18-23)33(31,4)5/h7-11,13,16-19,25,28H,3,12,14-15H2,1-2,4-6H3/p+1. The summed E-state index contributed by atoms with van der Waals surface area (Å²) in [5.74, 6) is 0.908. The summed E-state index contributed by atoms with van der Waals surface area (Å²) in [7, 11) is 1.77. The van der Waals surface area contributed by atoms with Gasteiger partial charge in [0, 0.05) is 31.1 Å². The number of allylic oxidation sites excluding steroid dienone is 1. The van der Waals surface area contributed by atoms with Gasteiger partial charge >= 0.3 is 0 Å². The highest BCUT2D eigenvalue weighted by molar-refractivity contribution is 6.06. The van der Waals surface area contributed by atoms with Crippen LogP contribution in [0.1, 0.15) is 80.7 Å². The summed E-state index contributed by atoms with van der Waals surface area (Å²) < 4.78 is 8.03. The summed E-state index contributed by atoms with van der Waals surface area (Å²) in [5, 5.41) is 15.7. The molecule has 3 aromatic carbocycles. The number of hydrogen-bond donors (Lipinski definition) is 1.